The van der Waals surface area contributed by atoms with Crippen molar-refractivity contribution in [3.05, 3.63) is 59.0 Å². The van der Waals surface area contributed by atoms with Crippen LogP contribution in [0.2, 0.25) is 5.02 Å². The molecule has 0 radical (unpaired) electrons. The molecule has 2 aromatic heterocycles. The minimum Gasteiger partial charge on any atom is -0.353 e. The second-order valence-electron chi connectivity index (χ2n) is 8.54. The molecule has 5 rings (SSSR count). The molecular weight excluding hydrogens is 500 g/mol. The number of benzene rings is 1. The van der Waals surface area contributed by atoms with Gasteiger partial charge in [-0.15, -0.1) is 0 Å². The zero-order valence-electron chi connectivity index (χ0n) is 19.0. The van der Waals surface area contributed by atoms with E-state index in [9.17, 15) is 22.4 Å². The molecule has 188 valence electrons. The van der Waals surface area contributed by atoms with Gasteiger partial charge in [-0.1, -0.05) is 11.6 Å². The number of anilines is 3. The summed E-state index contributed by atoms with van der Waals surface area (Å²) in [6.07, 6.45) is -2.07. The molecule has 2 fully saturated rings. The van der Waals surface area contributed by atoms with Crippen molar-refractivity contribution in [2.24, 2.45) is 0 Å². The molecule has 0 N–H and O–H groups in total. The van der Waals surface area contributed by atoms with E-state index < -0.39 is 17.6 Å². The topological polar surface area (TPSA) is 65.5 Å². The highest BCUT2D eigenvalue weighted by Gasteiger charge is 2.36. The molecule has 4 heterocycles. The summed E-state index contributed by atoms with van der Waals surface area (Å²) < 4.78 is 54.1. The molecule has 0 aliphatic carbocycles. The molecule has 1 aromatic carbocycles. The van der Waals surface area contributed by atoms with Gasteiger partial charge in [0.05, 0.1) is 16.3 Å². The fourth-order valence-corrected chi connectivity index (χ4v) is 4.57. The molecule has 0 unspecified atom stereocenters. The molecule has 2 aliphatic rings. The summed E-state index contributed by atoms with van der Waals surface area (Å²) in [6, 6.07) is 8.25. The summed E-state index contributed by atoms with van der Waals surface area (Å²) in [5.74, 6) is 0.00422. The molecule has 0 spiro atoms. The van der Waals surface area contributed by atoms with Crippen LogP contribution in [0.15, 0.2) is 42.6 Å². The Kier molecular flexibility index (Phi) is 6.42. The number of rotatable bonds is 4. The number of hydrogen-bond donors (Lipinski definition) is 0. The number of pyridine rings is 1. The Labute approximate surface area is 209 Å². The third-order valence-electron chi connectivity index (χ3n) is 6.23. The highest BCUT2D eigenvalue weighted by molar-refractivity contribution is 6.31. The van der Waals surface area contributed by atoms with Crippen LogP contribution in [-0.4, -0.2) is 53.6 Å². The highest BCUT2D eigenvalue weighted by Crippen LogP contribution is 2.36. The van der Waals surface area contributed by atoms with Gasteiger partial charge in [-0.05, 0) is 36.8 Å². The molecule has 3 aromatic rings. The van der Waals surface area contributed by atoms with Crippen molar-refractivity contribution in [1.82, 2.24) is 15.0 Å². The normalized spacial score (nSPS) is 16.7. The largest absolute Gasteiger partial charge is 0.419 e. The lowest BCUT2D eigenvalue weighted by Crippen LogP contribution is -2.47. The van der Waals surface area contributed by atoms with E-state index in [4.69, 9.17) is 11.6 Å². The summed E-state index contributed by atoms with van der Waals surface area (Å²) in [6.45, 7) is 1.82. The van der Waals surface area contributed by atoms with Crippen LogP contribution in [0.4, 0.5) is 35.1 Å². The van der Waals surface area contributed by atoms with Crippen molar-refractivity contribution in [2.75, 3.05) is 47.4 Å². The molecule has 7 nitrogen and oxygen atoms in total. The van der Waals surface area contributed by atoms with Crippen molar-refractivity contribution in [3.63, 3.8) is 0 Å². The van der Waals surface area contributed by atoms with E-state index in [-0.39, 0.29) is 22.7 Å². The first kappa shape index (κ1) is 24.2. The van der Waals surface area contributed by atoms with Crippen LogP contribution in [0.3, 0.4) is 0 Å². The van der Waals surface area contributed by atoms with Gasteiger partial charge in [0.25, 0.3) is 0 Å². The van der Waals surface area contributed by atoms with Crippen LogP contribution < -0.4 is 14.7 Å². The Balaban J connectivity index is 1.44. The molecule has 2 aliphatic heterocycles. The molecule has 0 atom stereocenters. The lowest BCUT2D eigenvalue weighted by molar-refractivity contribution is -0.137. The maximum absolute atomic E-state index is 13.7. The van der Waals surface area contributed by atoms with Crippen LogP contribution >= 0.6 is 11.6 Å². The number of aromatic nitrogens is 3. The third kappa shape index (κ3) is 4.79. The summed E-state index contributed by atoms with van der Waals surface area (Å²) in [7, 11) is 0. The lowest BCUT2D eigenvalue weighted by Gasteiger charge is -2.37. The fourth-order valence-electron chi connectivity index (χ4n) is 4.39. The lowest BCUT2D eigenvalue weighted by atomic mass is 10.1. The Bertz CT molecular complexity index is 1300. The van der Waals surface area contributed by atoms with Crippen LogP contribution in [0.1, 0.15) is 18.4 Å². The maximum atomic E-state index is 13.7. The summed E-state index contributed by atoms with van der Waals surface area (Å²) in [4.78, 5) is 30.6. The van der Waals surface area contributed by atoms with E-state index in [0.717, 1.165) is 6.07 Å². The number of amides is 1. The van der Waals surface area contributed by atoms with E-state index in [1.165, 1.54) is 29.3 Å². The Morgan fingerprint density at radius 2 is 1.69 bits per heavy atom. The smallest absolute Gasteiger partial charge is 0.353 e. The number of hydrogen-bond acceptors (Lipinski definition) is 6. The van der Waals surface area contributed by atoms with E-state index in [0.29, 0.717) is 62.6 Å². The number of halogens is 5. The quantitative estimate of drug-likeness (QED) is 0.460. The molecule has 2 saturated heterocycles. The number of carbonyl (C=O) groups excluding carboxylic acids is 1. The van der Waals surface area contributed by atoms with Crippen LogP contribution in [0.25, 0.3) is 11.3 Å². The fraction of sp³-hybridized carbons (Fsp3) is 0.333. The highest BCUT2D eigenvalue weighted by atomic mass is 35.5. The average molecular weight is 521 g/mol. The summed E-state index contributed by atoms with van der Waals surface area (Å²) >= 11 is 5.98. The van der Waals surface area contributed by atoms with Crippen LogP contribution in [-0.2, 0) is 11.0 Å². The first-order valence-electron chi connectivity index (χ1n) is 11.4. The van der Waals surface area contributed by atoms with Crippen molar-refractivity contribution < 1.29 is 22.4 Å². The molecule has 36 heavy (non-hydrogen) atoms. The minimum absolute atomic E-state index is 0.0593. The van der Waals surface area contributed by atoms with Crippen molar-refractivity contribution >= 4 is 35.1 Å². The molecule has 1 amide bonds. The van der Waals surface area contributed by atoms with E-state index in [1.807, 2.05) is 4.90 Å². The minimum atomic E-state index is -4.50. The number of piperazine rings is 1. The monoisotopic (exact) mass is 520 g/mol. The van der Waals surface area contributed by atoms with Gasteiger partial charge in [0.2, 0.25) is 11.9 Å². The predicted molar refractivity (Wildman–Crippen MR) is 128 cm³/mol. The van der Waals surface area contributed by atoms with Gasteiger partial charge in [-0.3, -0.25) is 9.69 Å². The first-order chi connectivity index (χ1) is 17.2. The third-order valence-corrected chi connectivity index (χ3v) is 6.52. The Morgan fingerprint density at radius 3 is 2.36 bits per heavy atom. The SMILES string of the molecule is O=C1CCCN1c1nc(-c2ccc(F)c(Cl)c2)cc(N2CCN(c3ncccc3C(F)(F)F)CC2)n1. The zero-order chi connectivity index (χ0) is 25.4. The van der Waals surface area contributed by atoms with Crippen molar-refractivity contribution in [3.8, 4) is 11.3 Å². The van der Waals surface area contributed by atoms with Gasteiger partial charge < -0.3 is 9.80 Å². The number of alkyl halides is 3. The van der Waals surface area contributed by atoms with Gasteiger partial charge in [0.15, 0.2) is 0 Å². The first-order valence-corrected chi connectivity index (χ1v) is 11.8. The van der Waals surface area contributed by atoms with Gasteiger partial charge in [-0.25, -0.2) is 14.4 Å². The maximum Gasteiger partial charge on any atom is 0.419 e. The van der Waals surface area contributed by atoms with Gasteiger partial charge in [0.1, 0.15) is 17.5 Å². The van der Waals surface area contributed by atoms with Gasteiger partial charge in [0, 0.05) is 57.0 Å². The predicted octanol–water partition coefficient (Wildman–Crippen LogP) is 4.80. The molecular formula is C24H21ClF4N6O. The zero-order valence-corrected chi connectivity index (χ0v) is 19.7. The van der Waals surface area contributed by atoms with Crippen LogP contribution in [0, 0.1) is 5.82 Å². The second kappa shape index (κ2) is 9.53. The Morgan fingerprint density at radius 1 is 0.944 bits per heavy atom. The van der Waals surface area contributed by atoms with E-state index in [1.54, 1.807) is 17.0 Å². The van der Waals surface area contributed by atoms with Crippen LogP contribution in [0.5, 0.6) is 0 Å². The van der Waals surface area contributed by atoms with Gasteiger partial charge in [-0.2, -0.15) is 18.2 Å². The Hall–Kier alpha value is -3.47. The molecule has 0 bridgehead atoms. The standard InChI is InChI=1S/C24H21ClF4N6O/c25-17-13-15(5-6-18(17)26)19-14-20(32-23(31-19)35-8-2-4-21(35)36)33-9-11-34(12-10-33)22-16(24(27,28)29)3-1-7-30-22/h1,3,5-7,13-14H,2,4,8-12H2. The van der Waals surface area contributed by atoms with E-state index in [2.05, 4.69) is 15.0 Å². The van der Waals surface area contributed by atoms with Gasteiger partial charge >= 0.3 is 6.18 Å². The second-order valence-corrected chi connectivity index (χ2v) is 8.94. The van der Waals surface area contributed by atoms with Crippen molar-refractivity contribution in [2.45, 2.75) is 19.0 Å². The molecule has 12 heteroatoms. The number of carbonyl (C=O) groups is 1. The molecule has 0 saturated carbocycles. The average Bonchev–Trinajstić information content (AvgIpc) is 3.31. The summed E-state index contributed by atoms with van der Waals surface area (Å²) in [5.41, 5.74) is 0.244. The summed E-state index contributed by atoms with van der Waals surface area (Å²) in [5, 5.41) is -0.0593. The number of nitrogens with zero attached hydrogens (tertiary/aromatic N) is 6. The van der Waals surface area contributed by atoms with E-state index >= 15 is 0 Å². The van der Waals surface area contributed by atoms with Crippen molar-refractivity contribution in [1.29, 1.82) is 0 Å².